The normalized spacial score (nSPS) is 14.8. The number of amides is 1. The average molecular weight is 321 g/mol. The van der Waals surface area contributed by atoms with E-state index in [-0.39, 0.29) is 17.5 Å². The van der Waals surface area contributed by atoms with Gasteiger partial charge in [0.15, 0.2) is 0 Å². The molecule has 0 atom stereocenters. The van der Waals surface area contributed by atoms with Crippen LogP contribution in [0, 0.1) is 5.82 Å². The third-order valence-electron chi connectivity index (χ3n) is 2.75. The van der Waals surface area contributed by atoms with Crippen LogP contribution in [0.5, 0.6) is 0 Å². The fraction of sp³-hybridized carbons (Fsp3) is 0.417. The van der Waals surface area contributed by atoms with E-state index in [2.05, 4.69) is 15.9 Å². The Morgan fingerprint density at radius 3 is 2.76 bits per heavy atom. The number of alkyl halides is 1. The first-order valence-corrected chi connectivity index (χ1v) is 6.79. The molecule has 2 rings (SSSR count). The second-order valence-electron chi connectivity index (χ2n) is 4.02. The lowest BCUT2D eigenvalue weighted by Gasteiger charge is -2.22. The van der Waals surface area contributed by atoms with Crippen molar-refractivity contribution in [1.82, 2.24) is 4.90 Å². The molecule has 2 nitrogen and oxygen atoms in total. The summed E-state index contributed by atoms with van der Waals surface area (Å²) >= 11 is 8.90. The van der Waals surface area contributed by atoms with E-state index < -0.39 is 5.82 Å². The molecule has 1 fully saturated rings. The van der Waals surface area contributed by atoms with Gasteiger partial charge >= 0.3 is 0 Å². The molecule has 92 valence electrons. The van der Waals surface area contributed by atoms with Crippen LogP contribution in [-0.4, -0.2) is 29.3 Å². The summed E-state index contributed by atoms with van der Waals surface area (Å²) < 4.78 is 14.2. The standard InChI is InChI=1S/C12H12BrClFNO/c13-9-2-1-3-10(15)11(9)12(17)16(7-6-14)8-4-5-8/h1-3,8H,4-7H2. The lowest BCUT2D eigenvalue weighted by molar-refractivity contribution is 0.0748. The molecule has 1 amide bonds. The zero-order valence-electron chi connectivity index (χ0n) is 9.13. The molecule has 1 aliphatic rings. The lowest BCUT2D eigenvalue weighted by Crippen LogP contribution is -2.35. The maximum atomic E-state index is 13.7. The van der Waals surface area contributed by atoms with Gasteiger partial charge in [-0.25, -0.2) is 4.39 Å². The molecule has 0 radical (unpaired) electrons. The predicted octanol–water partition coefficient (Wildman–Crippen LogP) is 3.43. The second kappa shape index (κ2) is 5.36. The molecule has 0 bridgehead atoms. The number of benzene rings is 1. The molecule has 0 aromatic heterocycles. The first-order valence-electron chi connectivity index (χ1n) is 5.46. The van der Waals surface area contributed by atoms with Gasteiger partial charge in [0.1, 0.15) is 5.82 Å². The van der Waals surface area contributed by atoms with Crippen LogP contribution in [0.2, 0.25) is 0 Å². The molecule has 0 N–H and O–H groups in total. The molecule has 1 aromatic carbocycles. The topological polar surface area (TPSA) is 20.3 Å². The fourth-order valence-corrected chi connectivity index (χ4v) is 2.47. The van der Waals surface area contributed by atoms with Gasteiger partial charge in [-0.3, -0.25) is 4.79 Å². The van der Waals surface area contributed by atoms with E-state index in [0.29, 0.717) is 16.9 Å². The van der Waals surface area contributed by atoms with Gasteiger partial charge in [0, 0.05) is 22.9 Å². The summed E-state index contributed by atoms with van der Waals surface area (Å²) in [5.41, 5.74) is 0.101. The number of hydrogen-bond donors (Lipinski definition) is 0. The smallest absolute Gasteiger partial charge is 0.258 e. The molecule has 1 aliphatic carbocycles. The molecule has 0 spiro atoms. The summed E-state index contributed by atoms with van der Waals surface area (Å²) in [4.78, 5) is 13.9. The second-order valence-corrected chi connectivity index (χ2v) is 5.25. The van der Waals surface area contributed by atoms with Crippen molar-refractivity contribution in [3.05, 3.63) is 34.1 Å². The molecule has 17 heavy (non-hydrogen) atoms. The Bertz CT molecular complexity index is 416. The highest BCUT2D eigenvalue weighted by Gasteiger charge is 2.34. The minimum atomic E-state index is -0.496. The number of rotatable bonds is 4. The summed E-state index contributed by atoms with van der Waals surface area (Å²) in [5.74, 6) is -0.406. The zero-order valence-corrected chi connectivity index (χ0v) is 11.5. The Labute approximate surface area is 113 Å². The lowest BCUT2D eigenvalue weighted by atomic mass is 10.2. The van der Waals surface area contributed by atoms with Gasteiger partial charge in [-0.05, 0) is 40.9 Å². The van der Waals surface area contributed by atoms with E-state index in [0.717, 1.165) is 12.8 Å². The van der Waals surface area contributed by atoms with Crippen LogP contribution in [0.1, 0.15) is 23.2 Å². The molecular formula is C12H12BrClFNO. The summed E-state index contributed by atoms with van der Waals surface area (Å²) in [6.07, 6.45) is 1.96. The average Bonchev–Trinajstić information content (AvgIpc) is 3.09. The van der Waals surface area contributed by atoms with Crippen molar-refractivity contribution in [2.75, 3.05) is 12.4 Å². The molecule has 0 saturated heterocycles. The summed E-state index contributed by atoms with van der Waals surface area (Å²) in [5, 5.41) is 0. The molecule has 1 aromatic rings. The summed E-state index contributed by atoms with van der Waals surface area (Å²) in [6, 6.07) is 4.76. The van der Waals surface area contributed by atoms with Crippen molar-refractivity contribution in [3.63, 3.8) is 0 Å². The van der Waals surface area contributed by atoms with Crippen LogP contribution >= 0.6 is 27.5 Å². The van der Waals surface area contributed by atoms with Crippen molar-refractivity contribution in [2.24, 2.45) is 0 Å². The number of carbonyl (C=O) groups excluding carboxylic acids is 1. The van der Waals surface area contributed by atoms with Crippen molar-refractivity contribution in [2.45, 2.75) is 18.9 Å². The van der Waals surface area contributed by atoms with E-state index in [1.807, 2.05) is 0 Å². The van der Waals surface area contributed by atoms with E-state index in [9.17, 15) is 9.18 Å². The van der Waals surface area contributed by atoms with Crippen LogP contribution in [0.4, 0.5) is 4.39 Å². The quantitative estimate of drug-likeness (QED) is 0.778. The third-order valence-corrected chi connectivity index (χ3v) is 3.58. The van der Waals surface area contributed by atoms with Crippen molar-refractivity contribution >= 4 is 33.4 Å². The Morgan fingerprint density at radius 2 is 2.24 bits per heavy atom. The van der Waals surface area contributed by atoms with E-state index in [1.54, 1.807) is 17.0 Å². The van der Waals surface area contributed by atoms with Crippen molar-refractivity contribution < 1.29 is 9.18 Å². The van der Waals surface area contributed by atoms with Gasteiger partial charge in [0.2, 0.25) is 0 Å². The monoisotopic (exact) mass is 319 g/mol. The van der Waals surface area contributed by atoms with E-state index in [4.69, 9.17) is 11.6 Å². The number of nitrogens with zero attached hydrogens (tertiary/aromatic N) is 1. The molecule has 0 aliphatic heterocycles. The largest absolute Gasteiger partial charge is 0.334 e. The predicted molar refractivity (Wildman–Crippen MR) is 68.9 cm³/mol. The first kappa shape index (κ1) is 12.8. The minimum absolute atomic E-state index is 0.101. The van der Waals surface area contributed by atoms with E-state index >= 15 is 0 Å². The molecule has 0 heterocycles. The Hall–Kier alpha value is -0.610. The van der Waals surface area contributed by atoms with Crippen LogP contribution < -0.4 is 0 Å². The number of halogens is 3. The van der Waals surface area contributed by atoms with Gasteiger partial charge in [-0.1, -0.05) is 6.07 Å². The zero-order chi connectivity index (χ0) is 12.4. The SMILES string of the molecule is O=C(c1c(F)cccc1Br)N(CCCl)C1CC1. The van der Waals surface area contributed by atoms with Crippen LogP contribution in [0.25, 0.3) is 0 Å². The first-order chi connectivity index (χ1) is 8.15. The highest BCUT2D eigenvalue weighted by Crippen LogP contribution is 2.30. The van der Waals surface area contributed by atoms with Gasteiger partial charge < -0.3 is 4.90 Å². The molecule has 5 heteroatoms. The van der Waals surface area contributed by atoms with Crippen molar-refractivity contribution in [1.29, 1.82) is 0 Å². The van der Waals surface area contributed by atoms with Gasteiger partial charge in [-0.15, -0.1) is 11.6 Å². The van der Waals surface area contributed by atoms with Gasteiger partial charge in [0.25, 0.3) is 5.91 Å². The highest BCUT2D eigenvalue weighted by atomic mass is 79.9. The molecular weight excluding hydrogens is 308 g/mol. The molecule has 0 unspecified atom stereocenters. The van der Waals surface area contributed by atoms with Crippen LogP contribution in [0.3, 0.4) is 0 Å². The third kappa shape index (κ3) is 2.80. The fourth-order valence-electron chi connectivity index (χ4n) is 1.77. The minimum Gasteiger partial charge on any atom is -0.334 e. The summed E-state index contributed by atoms with van der Waals surface area (Å²) in [6.45, 7) is 0.464. The van der Waals surface area contributed by atoms with Crippen LogP contribution in [-0.2, 0) is 0 Å². The van der Waals surface area contributed by atoms with Crippen LogP contribution in [0.15, 0.2) is 22.7 Å². The highest BCUT2D eigenvalue weighted by molar-refractivity contribution is 9.10. The maximum Gasteiger partial charge on any atom is 0.258 e. The Morgan fingerprint density at radius 1 is 1.53 bits per heavy atom. The summed E-state index contributed by atoms with van der Waals surface area (Å²) in [7, 11) is 0. The Balaban J connectivity index is 2.28. The number of hydrogen-bond acceptors (Lipinski definition) is 1. The number of carbonyl (C=O) groups is 1. The maximum absolute atomic E-state index is 13.7. The van der Waals surface area contributed by atoms with Gasteiger partial charge in [-0.2, -0.15) is 0 Å². The van der Waals surface area contributed by atoms with E-state index in [1.165, 1.54) is 6.07 Å². The van der Waals surface area contributed by atoms with Crippen molar-refractivity contribution in [3.8, 4) is 0 Å². The Kier molecular flexibility index (Phi) is 4.05. The molecule has 1 saturated carbocycles. The van der Waals surface area contributed by atoms with Gasteiger partial charge in [0.05, 0.1) is 5.56 Å².